The third-order valence-corrected chi connectivity index (χ3v) is 2.75. The van der Waals surface area contributed by atoms with E-state index in [0.29, 0.717) is 6.42 Å². The summed E-state index contributed by atoms with van der Waals surface area (Å²) in [5, 5.41) is 9.15. The first-order valence-electron chi connectivity index (χ1n) is 5.67. The van der Waals surface area contributed by atoms with Crippen LogP contribution in [0.2, 0.25) is 0 Å². The van der Waals surface area contributed by atoms with Crippen molar-refractivity contribution in [2.75, 3.05) is 0 Å². The maximum absolute atomic E-state index is 11.1. The van der Waals surface area contributed by atoms with E-state index in [1.807, 2.05) is 37.3 Å². The average Bonchev–Trinajstić information content (AvgIpc) is 2.27. The van der Waals surface area contributed by atoms with E-state index in [9.17, 15) is 4.79 Å². The number of carboxylic acid groups (broad SMARTS) is 1. The lowest BCUT2D eigenvalue weighted by molar-refractivity contribution is -0.142. The normalized spacial score (nSPS) is 14.4. The van der Waals surface area contributed by atoms with E-state index in [1.165, 1.54) is 0 Å². The number of carboxylic acids is 1. The van der Waals surface area contributed by atoms with Crippen LogP contribution in [0.15, 0.2) is 30.3 Å². The Morgan fingerprint density at radius 1 is 1.38 bits per heavy atom. The standard InChI is InChI=1S/C13H19NO2/c1-2-6-12(14)11(13(15)16)9-10-7-4-3-5-8-10/h3-5,7-8,11-12H,2,6,9,14H2,1H3,(H,15,16)/t11-,12-/m0/s1. The quantitative estimate of drug-likeness (QED) is 0.772. The maximum Gasteiger partial charge on any atom is 0.308 e. The molecule has 1 aromatic rings. The van der Waals surface area contributed by atoms with Gasteiger partial charge in [-0.15, -0.1) is 0 Å². The first kappa shape index (κ1) is 12.7. The van der Waals surface area contributed by atoms with Crippen LogP contribution >= 0.6 is 0 Å². The molecule has 0 aliphatic carbocycles. The van der Waals surface area contributed by atoms with Gasteiger partial charge in [-0.25, -0.2) is 0 Å². The maximum atomic E-state index is 11.1. The minimum Gasteiger partial charge on any atom is -0.481 e. The highest BCUT2D eigenvalue weighted by atomic mass is 16.4. The second-order valence-corrected chi connectivity index (χ2v) is 4.09. The highest BCUT2D eigenvalue weighted by molar-refractivity contribution is 5.71. The van der Waals surface area contributed by atoms with Crippen LogP contribution in [-0.4, -0.2) is 17.1 Å². The molecule has 2 atom stereocenters. The van der Waals surface area contributed by atoms with Crippen molar-refractivity contribution < 1.29 is 9.90 Å². The summed E-state index contributed by atoms with van der Waals surface area (Å²) in [6.07, 6.45) is 2.18. The van der Waals surface area contributed by atoms with E-state index >= 15 is 0 Å². The second kappa shape index (κ2) is 6.28. The summed E-state index contributed by atoms with van der Waals surface area (Å²) in [5.74, 6) is -1.29. The van der Waals surface area contributed by atoms with Crippen LogP contribution in [-0.2, 0) is 11.2 Å². The summed E-state index contributed by atoms with van der Waals surface area (Å²) in [6.45, 7) is 2.02. The van der Waals surface area contributed by atoms with Crippen LogP contribution in [0.4, 0.5) is 0 Å². The van der Waals surface area contributed by atoms with Crippen molar-refractivity contribution in [2.24, 2.45) is 11.7 Å². The van der Waals surface area contributed by atoms with Gasteiger partial charge in [0, 0.05) is 6.04 Å². The number of hydrogen-bond donors (Lipinski definition) is 2. The van der Waals surface area contributed by atoms with Gasteiger partial charge in [0.2, 0.25) is 0 Å². The van der Waals surface area contributed by atoms with Gasteiger partial charge in [0.1, 0.15) is 0 Å². The van der Waals surface area contributed by atoms with E-state index in [1.54, 1.807) is 0 Å². The third-order valence-electron chi connectivity index (χ3n) is 2.75. The van der Waals surface area contributed by atoms with Crippen molar-refractivity contribution in [3.8, 4) is 0 Å². The van der Waals surface area contributed by atoms with Crippen molar-refractivity contribution in [1.29, 1.82) is 0 Å². The summed E-state index contributed by atoms with van der Waals surface area (Å²) in [5.41, 5.74) is 6.93. The number of hydrogen-bond acceptors (Lipinski definition) is 2. The predicted octanol–water partition coefficient (Wildman–Crippen LogP) is 2.06. The fraction of sp³-hybridized carbons (Fsp3) is 0.462. The van der Waals surface area contributed by atoms with E-state index in [4.69, 9.17) is 10.8 Å². The molecule has 88 valence electrons. The number of carbonyl (C=O) groups is 1. The van der Waals surface area contributed by atoms with Gasteiger partial charge < -0.3 is 10.8 Å². The second-order valence-electron chi connectivity index (χ2n) is 4.09. The van der Waals surface area contributed by atoms with Crippen molar-refractivity contribution in [3.63, 3.8) is 0 Å². The van der Waals surface area contributed by atoms with Crippen molar-refractivity contribution in [2.45, 2.75) is 32.2 Å². The molecule has 16 heavy (non-hydrogen) atoms. The first-order valence-corrected chi connectivity index (χ1v) is 5.67. The molecule has 0 aromatic heterocycles. The monoisotopic (exact) mass is 221 g/mol. The SMILES string of the molecule is CCC[C@H](N)[C@H](Cc1ccccc1)C(=O)O. The molecular weight excluding hydrogens is 202 g/mol. The van der Waals surface area contributed by atoms with Gasteiger partial charge in [0.15, 0.2) is 0 Å². The van der Waals surface area contributed by atoms with Crippen LogP contribution in [0.25, 0.3) is 0 Å². The Bertz CT molecular complexity index is 324. The van der Waals surface area contributed by atoms with Crippen LogP contribution in [0.5, 0.6) is 0 Å². The zero-order chi connectivity index (χ0) is 12.0. The number of benzene rings is 1. The Balaban J connectivity index is 2.69. The third kappa shape index (κ3) is 3.66. The predicted molar refractivity (Wildman–Crippen MR) is 64.2 cm³/mol. The molecule has 3 N–H and O–H groups in total. The highest BCUT2D eigenvalue weighted by Gasteiger charge is 2.24. The summed E-state index contributed by atoms with van der Waals surface area (Å²) in [4.78, 5) is 11.1. The van der Waals surface area contributed by atoms with Crippen LogP contribution in [0.3, 0.4) is 0 Å². The number of nitrogens with two attached hydrogens (primary N) is 1. The van der Waals surface area contributed by atoms with E-state index in [0.717, 1.165) is 18.4 Å². The molecule has 1 rings (SSSR count). The molecule has 0 aliphatic heterocycles. The minimum atomic E-state index is -0.801. The molecule has 0 bridgehead atoms. The van der Waals surface area contributed by atoms with Gasteiger partial charge in [-0.1, -0.05) is 43.7 Å². The molecule has 0 saturated heterocycles. The Kier molecular flexibility index (Phi) is 4.99. The average molecular weight is 221 g/mol. The highest BCUT2D eigenvalue weighted by Crippen LogP contribution is 2.15. The summed E-state index contributed by atoms with van der Waals surface area (Å²) < 4.78 is 0. The van der Waals surface area contributed by atoms with Gasteiger partial charge >= 0.3 is 5.97 Å². The minimum absolute atomic E-state index is 0.261. The molecule has 0 heterocycles. The lowest BCUT2D eigenvalue weighted by Gasteiger charge is -2.19. The molecule has 0 unspecified atom stereocenters. The first-order chi connectivity index (χ1) is 7.65. The van der Waals surface area contributed by atoms with Crippen molar-refractivity contribution in [1.82, 2.24) is 0 Å². The fourth-order valence-electron chi connectivity index (χ4n) is 1.82. The van der Waals surface area contributed by atoms with Gasteiger partial charge in [-0.05, 0) is 18.4 Å². The lowest BCUT2D eigenvalue weighted by atomic mass is 9.90. The van der Waals surface area contributed by atoms with E-state index < -0.39 is 11.9 Å². The summed E-state index contributed by atoms with van der Waals surface area (Å²) in [7, 11) is 0. The van der Waals surface area contributed by atoms with E-state index in [-0.39, 0.29) is 6.04 Å². The molecule has 1 aromatic carbocycles. The largest absolute Gasteiger partial charge is 0.481 e. The van der Waals surface area contributed by atoms with Gasteiger partial charge in [0.25, 0.3) is 0 Å². The van der Waals surface area contributed by atoms with Gasteiger partial charge in [-0.2, -0.15) is 0 Å². The molecular formula is C13H19NO2. The zero-order valence-corrected chi connectivity index (χ0v) is 9.60. The fourth-order valence-corrected chi connectivity index (χ4v) is 1.82. The smallest absolute Gasteiger partial charge is 0.308 e. The lowest BCUT2D eigenvalue weighted by Crippen LogP contribution is -2.36. The molecule has 3 heteroatoms. The van der Waals surface area contributed by atoms with Crippen molar-refractivity contribution >= 4 is 5.97 Å². The Labute approximate surface area is 96.3 Å². The van der Waals surface area contributed by atoms with Crippen LogP contribution in [0, 0.1) is 5.92 Å². The zero-order valence-electron chi connectivity index (χ0n) is 9.60. The van der Waals surface area contributed by atoms with E-state index in [2.05, 4.69) is 0 Å². The Morgan fingerprint density at radius 3 is 2.50 bits per heavy atom. The van der Waals surface area contributed by atoms with Crippen LogP contribution < -0.4 is 5.73 Å². The number of rotatable bonds is 6. The van der Waals surface area contributed by atoms with Gasteiger partial charge in [0.05, 0.1) is 5.92 Å². The van der Waals surface area contributed by atoms with Crippen molar-refractivity contribution in [3.05, 3.63) is 35.9 Å². The molecule has 0 spiro atoms. The molecule has 0 fully saturated rings. The number of aliphatic carboxylic acids is 1. The topological polar surface area (TPSA) is 63.3 Å². The summed E-state index contributed by atoms with van der Waals surface area (Å²) >= 11 is 0. The Hall–Kier alpha value is -1.35. The Morgan fingerprint density at radius 2 is 2.00 bits per heavy atom. The molecule has 0 amide bonds. The molecule has 0 aliphatic rings. The van der Waals surface area contributed by atoms with Gasteiger partial charge in [-0.3, -0.25) is 4.79 Å². The molecule has 3 nitrogen and oxygen atoms in total. The van der Waals surface area contributed by atoms with Crippen LogP contribution in [0.1, 0.15) is 25.3 Å². The molecule has 0 saturated carbocycles. The summed E-state index contributed by atoms with van der Waals surface area (Å²) in [6, 6.07) is 9.37. The molecule has 0 radical (unpaired) electrons.